The Morgan fingerprint density at radius 3 is 2.14 bits per heavy atom. The predicted molar refractivity (Wildman–Crippen MR) is 101 cm³/mol. The Labute approximate surface area is 166 Å². The normalized spacial score (nSPS) is 12.3. The van der Waals surface area contributed by atoms with Crippen molar-refractivity contribution in [3.8, 4) is 0 Å². The maximum atomic E-state index is 12.3. The van der Waals surface area contributed by atoms with Crippen LogP contribution in [0.3, 0.4) is 0 Å². The van der Waals surface area contributed by atoms with Gasteiger partial charge in [0.25, 0.3) is 0 Å². The SMILES string of the molecule is NC(Cc1ccccc1)C(=O)NC(CCC(=O)O)C(=O)NCC(=O)NCC(=O)O. The lowest BCUT2D eigenvalue weighted by Crippen LogP contribution is -2.53. The molecular weight excluding hydrogens is 384 g/mol. The summed E-state index contributed by atoms with van der Waals surface area (Å²) in [5.41, 5.74) is 6.68. The number of carbonyl (C=O) groups excluding carboxylic acids is 3. The zero-order valence-corrected chi connectivity index (χ0v) is 15.6. The molecule has 0 aliphatic carbocycles. The molecule has 0 aliphatic heterocycles. The topological polar surface area (TPSA) is 188 Å². The number of nitrogens with one attached hydrogen (secondary N) is 3. The van der Waals surface area contributed by atoms with Gasteiger partial charge in [0.05, 0.1) is 12.6 Å². The summed E-state index contributed by atoms with van der Waals surface area (Å²) in [6.45, 7) is -1.14. The van der Waals surface area contributed by atoms with E-state index in [1.54, 1.807) is 24.3 Å². The third-order valence-corrected chi connectivity index (χ3v) is 3.78. The van der Waals surface area contributed by atoms with E-state index in [9.17, 15) is 24.0 Å². The molecule has 2 unspecified atom stereocenters. The van der Waals surface area contributed by atoms with Gasteiger partial charge in [-0.05, 0) is 18.4 Å². The van der Waals surface area contributed by atoms with Crippen LogP contribution in [0.1, 0.15) is 18.4 Å². The average molecular weight is 408 g/mol. The molecule has 0 fully saturated rings. The summed E-state index contributed by atoms with van der Waals surface area (Å²) in [5, 5.41) is 24.0. The molecule has 1 aromatic rings. The molecule has 3 amide bonds. The van der Waals surface area contributed by atoms with E-state index in [0.29, 0.717) is 0 Å². The summed E-state index contributed by atoms with van der Waals surface area (Å²) in [6, 6.07) is 6.80. The summed E-state index contributed by atoms with van der Waals surface area (Å²) in [7, 11) is 0. The highest BCUT2D eigenvalue weighted by atomic mass is 16.4. The van der Waals surface area contributed by atoms with Gasteiger partial charge in [0.1, 0.15) is 12.6 Å². The van der Waals surface area contributed by atoms with Gasteiger partial charge in [0, 0.05) is 6.42 Å². The highest BCUT2D eigenvalue weighted by Crippen LogP contribution is 2.04. The van der Waals surface area contributed by atoms with Crippen LogP contribution in [0.15, 0.2) is 30.3 Å². The zero-order chi connectivity index (χ0) is 21.8. The lowest BCUT2D eigenvalue weighted by atomic mass is 10.0. The largest absolute Gasteiger partial charge is 0.481 e. The lowest BCUT2D eigenvalue weighted by molar-refractivity contribution is -0.138. The summed E-state index contributed by atoms with van der Waals surface area (Å²) < 4.78 is 0. The van der Waals surface area contributed by atoms with Crippen molar-refractivity contribution in [1.82, 2.24) is 16.0 Å². The molecule has 0 spiro atoms. The number of carboxylic acids is 2. The lowest BCUT2D eigenvalue weighted by Gasteiger charge is -2.20. The van der Waals surface area contributed by atoms with Gasteiger partial charge in [-0.1, -0.05) is 30.3 Å². The van der Waals surface area contributed by atoms with E-state index >= 15 is 0 Å². The fourth-order valence-corrected chi connectivity index (χ4v) is 2.30. The van der Waals surface area contributed by atoms with Crippen LogP contribution in [0.2, 0.25) is 0 Å². The number of hydrogen-bond donors (Lipinski definition) is 6. The Balaban J connectivity index is 2.64. The molecule has 0 aromatic heterocycles. The Kier molecular flexibility index (Phi) is 9.82. The standard InChI is InChI=1S/C18H24N4O7/c19-12(8-11-4-2-1-3-5-11)17(28)22-13(6-7-15(24)25)18(29)21-9-14(23)20-10-16(26)27/h1-5,12-13H,6-10,19H2,(H,20,23)(H,21,29)(H,22,28)(H,24,25)(H,26,27). The molecule has 29 heavy (non-hydrogen) atoms. The molecule has 11 nitrogen and oxygen atoms in total. The second-order valence-electron chi connectivity index (χ2n) is 6.18. The molecule has 2 atom stereocenters. The molecule has 11 heteroatoms. The highest BCUT2D eigenvalue weighted by molar-refractivity contribution is 5.92. The van der Waals surface area contributed by atoms with E-state index in [2.05, 4.69) is 16.0 Å². The predicted octanol–water partition coefficient (Wildman–Crippen LogP) is -1.78. The van der Waals surface area contributed by atoms with E-state index in [1.165, 1.54) is 0 Å². The van der Waals surface area contributed by atoms with Gasteiger partial charge < -0.3 is 31.9 Å². The van der Waals surface area contributed by atoms with Crippen LogP contribution in [0, 0.1) is 0 Å². The van der Waals surface area contributed by atoms with Gasteiger partial charge in [-0.2, -0.15) is 0 Å². The molecule has 7 N–H and O–H groups in total. The van der Waals surface area contributed by atoms with Crippen LogP contribution in [-0.2, 0) is 30.4 Å². The van der Waals surface area contributed by atoms with E-state index in [-0.39, 0.29) is 12.8 Å². The minimum Gasteiger partial charge on any atom is -0.481 e. The summed E-state index contributed by atoms with van der Waals surface area (Å²) in [6.07, 6.45) is -0.378. The van der Waals surface area contributed by atoms with Gasteiger partial charge in [0.2, 0.25) is 17.7 Å². The molecule has 0 radical (unpaired) electrons. The van der Waals surface area contributed by atoms with E-state index in [0.717, 1.165) is 5.56 Å². The van der Waals surface area contributed by atoms with Crippen molar-refractivity contribution in [1.29, 1.82) is 0 Å². The molecule has 0 saturated carbocycles. The minimum absolute atomic E-state index is 0.207. The molecular formula is C18H24N4O7. The molecule has 0 heterocycles. The fraction of sp³-hybridized carbons (Fsp3) is 0.389. The molecule has 1 aromatic carbocycles. The quantitative estimate of drug-likeness (QED) is 0.234. The number of carbonyl (C=O) groups is 5. The second kappa shape index (κ2) is 12.1. The first-order valence-electron chi connectivity index (χ1n) is 8.77. The van der Waals surface area contributed by atoms with Crippen molar-refractivity contribution in [3.63, 3.8) is 0 Å². The van der Waals surface area contributed by atoms with Crippen molar-refractivity contribution < 1.29 is 34.2 Å². The van der Waals surface area contributed by atoms with Crippen molar-refractivity contribution in [2.45, 2.75) is 31.3 Å². The van der Waals surface area contributed by atoms with Gasteiger partial charge in [-0.15, -0.1) is 0 Å². The molecule has 158 valence electrons. The first-order valence-corrected chi connectivity index (χ1v) is 8.77. The van der Waals surface area contributed by atoms with Crippen LogP contribution < -0.4 is 21.7 Å². The smallest absolute Gasteiger partial charge is 0.322 e. The van der Waals surface area contributed by atoms with E-state index < -0.39 is 61.3 Å². The van der Waals surface area contributed by atoms with E-state index in [1.807, 2.05) is 6.07 Å². The van der Waals surface area contributed by atoms with Crippen molar-refractivity contribution in [2.24, 2.45) is 5.73 Å². The summed E-state index contributed by atoms with van der Waals surface area (Å²) >= 11 is 0. The molecule has 0 bridgehead atoms. The summed E-state index contributed by atoms with van der Waals surface area (Å²) in [5.74, 6) is -4.58. The Hall–Kier alpha value is -3.47. The molecule has 0 saturated heterocycles. The van der Waals surface area contributed by atoms with Crippen LogP contribution in [0.25, 0.3) is 0 Å². The second-order valence-corrected chi connectivity index (χ2v) is 6.18. The van der Waals surface area contributed by atoms with Crippen molar-refractivity contribution in [3.05, 3.63) is 35.9 Å². The molecule has 0 aliphatic rings. The van der Waals surface area contributed by atoms with E-state index in [4.69, 9.17) is 15.9 Å². The maximum absolute atomic E-state index is 12.3. The maximum Gasteiger partial charge on any atom is 0.322 e. The van der Waals surface area contributed by atoms with Crippen molar-refractivity contribution in [2.75, 3.05) is 13.1 Å². The number of amides is 3. The zero-order valence-electron chi connectivity index (χ0n) is 15.6. The first kappa shape index (κ1) is 23.6. The highest BCUT2D eigenvalue weighted by Gasteiger charge is 2.25. The van der Waals surface area contributed by atoms with Gasteiger partial charge in [-0.25, -0.2) is 0 Å². The Morgan fingerprint density at radius 2 is 1.55 bits per heavy atom. The van der Waals surface area contributed by atoms with Gasteiger partial charge in [-0.3, -0.25) is 24.0 Å². The third kappa shape index (κ3) is 9.86. The number of benzene rings is 1. The Morgan fingerprint density at radius 1 is 0.897 bits per heavy atom. The monoisotopic (exact) mass is 408 g/mol. The number of hydrogen-bond acceptors (Lipinski definition) is 6. The first-order chi connectivity index (χ1) is 13.7. The minimum atomic E-state index is -1.25. The van der Waals surface area contributed by atoms with Gasteiger partial charge in [0.15, 0.2) is 0 Å². The van der Waals surface area contributed by atoms with Crippen LogP contribution in [-0.4, -0.2) is 65.0 Å². The Bertz CT molecular complexity index is 739. The van der Waals surface area contributed by atoms with Crippen LogP contribution >= 0.6 is 0 Å². The van der Waals surface area contributed by atoms with Crippen LogP contribution in [0.4, 0.5) is 0 Å². The average Bonchev–Trinajstić information content (AvgIpc) is 2.67. The summed E-state index contributed by atoms with van der Waals surface area (Å²) in [4.78, 5) is 57.3. The molecule has 1 rings (SSSR count). The van der Waals surface area contributed by atoms with Gasteiger partial charge >= 0.3 is 11.9 Å². The van der Waals surface area contributed by atoms with Crippen LogP contribution in [0.5, 0.6) is 0 Å². The number of aliphatic carboxylic acids is 2. The number of carboxylic acid groups (broad SMARTS) is 2. The third-order valence-electron chi connectivity index (χ3n) is 3.78. The number of nitrogens with two attached hydrogens (primary N) is 1. The fourth-order valence-electron chi connectivity index (χ4n) is 2.30. The number of rotatable bonds is 12. The van der Waals surface area contributed by atoms with Crippen molar-refractivity contribution >= 4 is 29.7 Å².